The first-order chi connectivity index (χ1) is 5.84. The number of nitrogens with zero attached hydrogens (tertiary/aromatic N) is 1. The lowest BCUT2D eigenvalue weighted by atomic mass is 10.2. The fourth-order valence-electron chi connectivity index (χ4n) is 0.737. The van der Waals surface area contributed by atoms with Crippen LogP contribution < -0.4 is 5.32 Å². The highest BCUT2D eigenvalue weighted by atomic mass is 16.1. The average Bonchev–Trinajstić information content (AvgIpc) is 2.15. The summed E-state index contributed by atoms with van der Waals surface area (Å²) in [5.74, 6) is 2.15. The molecule has 0 fully saturated rings. The average molecular weight is 160 g/mol. The van der Waals surface area contributed by atoms with Crippen molar-refractivity contribution < 1.29 is 4.79 Å². The minimum Gasteiger partial charge on any atom is -0.341 e. The number of carbonyl (C=O) groups excluding carboxylic acids is 1. The summed E-state index contributed by atoms with van der Waals surface area (Å²) < 4.78 is 0. The summed E-state index contributed by atoms with van der Waals surface area (Å²) in [6.07, 6.45) is 8.10. The van der Waals surface area contributed by atoms with E-state index in [9.17, 15) is 4.79 Å². The van der Waals surface area contributed by atoms with Gasteiger partial charge < -0.3 is 5.32 Å². The third-order valence-electron chi connectivity index (χ3n) is 1.29. The number of terminal acetylenes is 1. The Kier molecular flexibility index (Phi) is 2.86. The van der Waals surface area contributed by atoms with Crippen molar-refractivity contribution in [1.29, 1.82) is 0 Å². The van der Waals surface area contributed by atoms with Gasteiger partial charge in [-0.3, -0.25) is 9.78 Å². The molecule has 0 unspecified atom stereocenters. The molecule has 0 saturated heterocycles. The highest BCUT2D eigenvalue weighted by Crippen LogP contribution is 1.94. The SMILES string of the molecule is C#CCNC(=O)c1ccncc1. The Morgan fingerprint density at radius 3 is 2.83 bits per heavy atom. The van der Waals surface area contributed by atoms with E-state index in [1.807, 2.05) is 0 Å². The molecular weight excluding hydrogens is 152 g/mol. The van der Waals surface area contributed by atoms with E-state index in [-0.39, 0.29) is 12.5 Å². The number of hydrogen-bond acceptors (Lipinski definition) is 2. The Hall–Kier alpha value is -1.82. The number of carbonyl (C=O) groups is 1. The highest BCUT2D eigenvalue weighted by molar-refractivity contribution is 5.94. The molecule has 1 heterocycles. The van der Waals surface area contributed by atoms with Crippen LogP contribution in [0.3, 0.4) is 0 Å². The molecule has 0 atom stereocenters. The second kappa shape index (κ2) is 4.14. The van der Waals surface area contributed by atoms with E-state index in [4.69, 9.17) is 6.42 Å². The molecule has 0 aliphatic heterocycles. The van der Waals surface area contributed by atoms with Crippen molar-refractivity contribution in [1.82, 2.24) is 10.3 Å². The summed E-state index contributed by atoms with van der Waals surface area (Å²) in [4.78, 5) is 15.0. The molecule has 0 saturated carbocycles. The summed E-state index contributed by atoms with van der Waals surface area (Å²) in [6.45, 7) is 0.251. The fraction of sp³-hybridized carbons (Fsp3) is 0.111. The van der Waals surface area contributed by atoms with Crippen molar-refractivity contribution in [2.24, 2.45) is 0 Å². The number of rotatable bonds is 2. The van der Waals surface area contributed by atoms with Gasteiger partial charge >= 0.3 is 0 Å². The zero-order chi connectivity index (χ0) is 8.81. The van der Waals surface area contributed by atoms with Gasteiger partial charge in [0.25, 0.3) is 5.91 Å². The molecule has 1 rings (SSSR count). The number of hydrogen-bond donors (Lipinski definition) is 1. The molecular formula is C9H8N2O. The van der Waals surface area contributed by atoms with Crippen LogP contribution in [0.25, 0.3) is 0 Å². The quantitative estimate of drug-likeness (QED) is 0.638. The number of nitrogens with one attached hydrogen (secondary N) is 1. The molecule has 0 aliphatic carbocycles. The van der Waals surface area contributed by atoms with Crippen molar-refractivity contribution in [3.05, 3.63) is 30.1 Å². The first kappa shape index (κ1) is 8.28. The molecule has 3 heteroatoms. The zero-order valence-electron chi connectivity index (χ0n) is 6.45. The molecule has 60 valence electrons. The third kappa shape index (κ3) is 2.10. The van der Waals surface area contributed by atoms with Crippen molar-refractivity contribution in [2.45, 2.75) is 0 Å². The van der Waals surface area contributed by atoms with Crippen LogP contribution >= 0.6 is 0 Å². The van der Waals surface area contributed by atoms with Gasteiger partial charge in [-0.2, -0.15) is 0 Å². The molecule has 1 aromatic heterocycles. The number of aromatic nitrogens is 1. The maximum Gasteiger partial charge on any atom is 0.252 e. The highest BCUT2D eigenvalue weighted by Gasteiger charge is 2.00. The van der Waals surface area contributed by atoms with E-state index >= 15 is 0 Å². The lowest BCUT2D eigenvalue weighted by Crippen LogP contribution is -2.23. The van der Waals surface area contributed by atoms with Gasteiger partial charge in [-0.1, -0.05) is 5.92 Å². The van der Waals surface area contributed by atoms with Gasteiger partial charge in [0.15, 0.2) is 0 Å². The first-order valence-corrected chi connectivity index (χ1v) is 3.46. The van der Waals surface area contributed by atoms with Crippen LogP contribution in [0.15, 0.2) is 24.5 Å². The summed E-state index contributed by atoms with van der Waals surface area (Å²) in [5, 5.41) is 2.55. The third-order valence-corrected chi connectivity index (χ3v) is 1.29. The first-order valence-electron chi connectivity index (χ1n) is 3.46. The lowest BCUT2D eigenvalue weighted by molar-refractivity contribution is 0.0958. The molecule has 0 aromatic carbocycles. The van der Waals surface area contributed by atoms with Crippen LogP contribution in [0.1, 0.15) is 10.4 Å². The normalized spacial score (nSPS) is 8.58. The monoisotopic (exact) mass is 160 g/mol. The molecule has 12 heavy (non-hydrogen) atoms. The molecule has 1 N–H and O–H groups in total. The topological polar surface area (TPSA) is 42.0 Å². The molecule has 3 nitrogen and oxygen atoms in total. The summed E-state index contributed by atoms with van der Waals surface area (Å²) in [5.41, 5.74) is 0.570. The van der Waals surface area contributed by atoms with Crippen molar-refractivity contribution in [3.63, 3.8) is 0 Å². The maximum absolute atomic E-state index is 11.2. The van der Waals surface area contributed by atoms with Gasteiger partial charge in [0.2, 0.25) is 0 Å². The predicted octanol–water partition coefficient (Wildman–Crippen LogP) is 0.445. The van der Waals surface area contributed by atoms with E-state index in [1.54, 1.807) is 24.5 Å². The van der Waals surface area contributed by atoms with Crippen LogP contribution in [-0.4, -0.2) is 17.4 Å². The molecule has 0 bridgehead atoms. The van der Waals surface area contributed by atoms with Crippen LogP contribution in [0, 0.1) is 12.3 Å². The van der Waals surface area contributed by atoms with Crippen LogP contribution in [-0.2, 0) is 0 Å². The van der Waals surface area contributed by atoms with E-state index in [1.165, 1.54) is 0 Å². The van der Waals surface area contributed by atoms with Gasteiger partial charge in [0.05, 0.1) is 6.54 Å². The van der Waals surface area contributed by atoms with Crippen molar-refractivity contribution in [3.8, 4) is 12.3 Å². The van der Waals surface area contributed by atoms with E-state index in [0.29, 0.717) is 5.56 Å². The van der Waals surface area contributed by atoms with E-state index < -0.39 is 0 Å². The standard InChI is InChI=1S/C9H8N2O/c1-2-5-11-9(12)8-3-6-10-7-4-8/h1,3-4,6-7H,5H2,(H,11,12). The lowest BCUT2D eigenvalue weighted by Gasteiger charge is -1.99. The zero-order valence-corrected chi connectivity index (χ0v) is 6.45. The summed E-state index contributed by atoms with van der Waals surface area (Å²) in [6, 6.07) is 3.26. The van der Waals surface area contributed by atoms with Gasteiger partial charge in [-0.15, -0.1) is 6.42 Å². The van der Waals surface area contributed by atoms with Crippen molar-refractivity contribution in [2.75, 3.05) is 6.54 Å². The number of amides is 1. The molecule has 0 spiro atoms. The Bertz CT molecular complexity index is 300. The van der Waals surface area contributed by atoms with Gasteiger partial charge in [0.1, 0.15) is 0 Å². The molecule has 0 radical (unpaired) electrons. The van der Waals surface area contributed by atoms with Crippen LogP contribution in [0.4, 0.5) is 0 Å². The Morgan fingerprint density at radius 2 is 2.25 bits per heavy atom. The largest absolute Gasteiger partial charge is 0.341 e. The molecule has 1 amide bonds. The Labute approximate surface area is 70.8 Å². The van der Waals surface area contributed by atoms with Crippen LogP contribution in [0.2, 0.25) is 0 Å². The second-order valence-corrected chi connectivity index (χ2v) is 2.12. The Morgan fingerprint density at radius 1 is 1.58 bits per heavy atom. The number of pyridine rings is 1. The maximum atomic E-state index is 11.2. The van der Waals surface area contributed by atoms with E-state index in [0.717, 1.165) is 0 Å². The molecule has 0 aliphatic rings. The summed E-state index contributed by atoms with van der Waals surface area (Å²) in [7, 11) is 0. The van der Waals surface area contributed by atoms with E-state index in [2.05, 4.69) is 16.2 Å². The predicted molar refractivity (Wildman–Crippen MR) is 45.4 cm³/mol. The van der Waals surface area contributed by atoms with Gasteiger partial charge in [-0.05, 0) is 12.1 Å². The smallest absolute Gasteiger partial charge is 0.252 e. The van der Waals surface area contributed by atoms with Gasteiger partial charge in [0, 0.05) is 18.0 Å². The fourth-order valence-corrected chi connectivity index (χ4v) is 0.737. The van der Waals surface area contributed by atoms with Crippen LogP contribution in [0.5, 0.6) is 0 Å². The van der Waals surface area contributed by atoms with Gasteiger partial charge in [-0.25, -0.2) is 0 Å². The molecule has 1 aromatic rings. The van der Waals surface area contributed by atoms with Crippen molar-refractivity contribution >= 4 is 5.91 Å². The summed E-state index contributed by atoms with van der Waals surface area (Å²) >= 11 is 0. The Balaban J connectivity index is 2.61. The minimum absolute atomic E-state index is 0.171. The minimum atomic E-state index is -0.171. The second-order valence-electron chi connectivity index (χ2n) is 2.12.